The van der Waals surface area contributed by atoms with Gasteiger partial charge in [-0.1, -0.05) is 91.8 Å². The maximum atomic E-state index is 12.0. The molecule has 9 nitrogen and oxygen atoms in total. The molecule has 0 saturated heterocycles. The van der Waals surface area contributed by atoms with Crippen LogP contribution in [-0.4, -0.2) is 28.6 Å². The van der Waals surface area contributed by atoms with Crippen molar-refractivity contribution in [3.05, 3.63) is 105 Å². The Morgan fingerprint density at radius 1 is 0.854 bits per heavy atom. The Balaban J connectivity index is 0.00000625. The lowest BCUT2D eigenvalue weighted by molar-refractivity contribution is -0.602. The first-order valence-corrected chi connectivity index (χ1v) is 16.4. The van der Waals surface area contributed by atoms with Crippen molar-refractivity contribution in [1.29, 1.82) is 0 Å². The molecule has 48 heavy (non-hydrogen) atoms. The number of aromatic nitrogens is 2. The number of nitro groups is 1. The van der Waals surface area contributed by atoms with Crippen LogP contribution in [0.25, 0.3) is 11.4 Å². The van der Waals surface area contributed by atoms with E-state index in [1.54, 1.807) is 19.1 Å². The number of imidazole rings is 1. The van der Waals surface area contributed by atoms with Gasteiger partial charge in [-0.25, -0.2) is 0 Å². The van der Waals surface area contributed by atoms with Gasteiger partial charge in [0, 0.05) is 40.4 Å². The zero-order valence-electron chi connectivity index (χ0n) is 29.7. The van der Waals surface area contributed by atoms with Crippen LogP contribution in [0, 0.1) is 10.1 Å². The third kappa shape index (κ3) is 8.08. The summed E-state index contributed by atoms with van der Waals surface area (Å²) in [6.45, 7) is 19.3. The second kappa shape index (κ2) is 16.3. The molecule has 0 spiro atoms. The number of para-hydroxylation sites is 2. The number of nitro benzene ring substituents is 1. The smallest absolute Gasteiger partial charge is 0.472 e. The Labute approximate surface area is 290 Å². The van der Waals surface area contributed by atoms with Gasteiger partial charge in [0.25, 0.3) is 5.69 Å². The van der Waals surface area contributed by atoms with Crippen molar-refractivity contribution in [3.63, 3.8) is 0 Å². The van der Waals surface area contributed by atoms with Crippen LogP contribution in [0.4, 0.5) is 5.69 Å². The molecule has 0 amide bonds. The molecule has 0 aliphatic heterocycles. The van der Waals surface area contributed by atoms with E-state index in [9.17, 15) is 14.9 Å². The summed E-state index contributed by atoms with van der Waals surface area (Å²) in [6, 6.07) is 17.6. The largest absolute Gasteiger partial charge is 1.00 e. The van der Waals surface area contributed by atoms with E-state index in [1.165, 1.54) is 35.4 Å². The molecule has 258 valence electrons. The van der Waals surface area contributed by atoms with Gasteiger partial charge in [0.05, 0.1) is 12.0 Å². The van der Waals surface area contributed by atoms with E-state index in [-0.39, 0.29) is 48.3 Å². The molecule has 1 N–H and O–H groups in total. The number of halogens is 1. The Hall–Kier alpha value is -4.21. The molecular weight excluding hydrogens is 628 g/mol. The third-order valence-electron chi connectivity index (χ3n) is 8.55. The molecule has 4 aromatic rings. The number of benzene rings is 3. The van der Waals surface area contributed by atoms with Crippen molar-refractivity contribution in [3.8, 4) is 23.1 Å². The van der Waals surface area contributed by atoms with Gasteiger partial charge in [0.15, 0.2) is 0 Å². The van der Waals surface area contributed by atoms with Gasteiger partial charge in [-0.3, -0.25) is 14.9 Å². The minimum absolute atomic E-state index is 0. The number of hydrogen-bond acceptors (Lipinski definition) is 6. The van der Waals surface area contributed by atoms with Crippen molar-refractivity contribution in [1.82, 2.24) is 9.88 Å². The number of carbonyl (C=O) groups is 1. The Bertz CT molecular complexity index is 1610. The highest BCUT2D eigenvalue weighted by Crippen LogP contribution is 2.37. The summed E-state index contributed by atoms with van der Waals surface area (Å²) in [6.07, 6.45) is 4.10. The summed E-state index contributed by atoms with van der Waals surface area (Å²) in [5, 5.41) is 15.0. The average molecular weight is 677 g/mol. The van der Waals surface area contributed by atoms with E-state index in [0.717, 1.165) is 11.4 Å². The number of methoxy groups -OCH3 is 1. The summed E-state index contributed by atoms with van der Waals surface area (Å²) in [7, 11) is 1.31. The van der Waals surface area contributed by atoms with Crippen molar-refractivity contribution in [2.24, 2.45) is 0 Å². The minimum Gasteiger partial charge on any atom is -1.00 e. The number of nitrogens with zero attached hydrogens (tertiary/aromatic N) is 3. The molecular formula is C38H49ClN4O5. The predicted octanol–water partition coefficient (Wildman–Crippen LogP) is 5.60. The van der Waals surface area contributed by atoms with Crippen LogP contribution >= 0.6 is 0 Å². The third-order valence-corrected chi connectivity index (χ3v) is 8.55. The highest BCUT2D eigenvalue weighted by molar-refractivity contribution is 5.75. The predicted molar refractivity (Wildman–Crippen MR) is 185 cm³/mol. The van der Waals surface area contributed by atoms with Gasteiger partial charge in [-0.05, 0) is 42.7 Å². The Morgan fingerprint density at radius 3 is 1.85 bits per heavy atom. The van der Waals surface area contributed by atoms with Gasteiger partial charge in [-0.15, -0.1) is 0 Å². The number of rotatable bonds is 13. The van der Waals surface area contributed by atoms with Crippen molar-refractivity contribution >= 4 is 11.7 Å². The first-order chi connectivity index (χ1) is 22.3. The van der Waals surface area contributed by atoms with Gasteiger partial charge in [0.1, 0.15) is 35.6 Å². The van der Waals surface area contributed by atoms with Crippen LogP contribution in [0.15, 0.2) is 67.0 Å². The lowest BCUT2D eigenvalue weighted by atomic mass is 9.92. The molecule has 0 bridgehead atoms. The number of carbonyl (C=O) groups excluding carboxylic acids is 1. The molecule has 0 saturated carbocycles. The zero-order valence-corrected chi connectivity index (χ0v) is 30.5. The fourth-order valence-electron chi connectivity index (χ4n) is 5.97. The fraction of sp³-hybridized carbons (Fsp3) is 0.421. The molecule has 1 heterocycles. The van der Waals surface area contributed by atoms with E-state index in [1.807, 2.05) is 0 Å². The second-order valence-corrected chi connectivity index (χ2v) is 13.3. The van der Waals surface area contributed by atoms with Crippen LogP contribution in [0.2, 0.25) is 0 Å². The molecule has 4 rings (SSSR count). The molecule has 3 aromatic carbocycles. The molecule has 0 radical (unpaired) electrons. The Kier molecular flexibility index (Phi) is 13.0. The van der Waals surface area contributed by atoms with Crippen LogP contribution < -0.4 is 27.0 Å². The standard InChI is InChI=1S/C38H49N4O5.ClH/c1-23(2)30-13-11-14-31(24(3)4)35(30)40-19-20-41(36-32(25(5)6)15-12-16-33(36)26(7)8)38(40)47-29-17-18-34(42(44)45)28(21-29)22-39-27(9)37(43)46-10;/h11-21,23-27,39H,22H2,1-10H3;1H/q+1;/p-1/t27-;/m0./s1. The van der Waals surface area contributed by atoms with Gasteiger partial charge in [0.2, 0.25) is 0 Å². The molecule has 0 aliphatic carbocycles. The van der Waals surface area contributed by atoms with Crippen molar-refractivity contribution in [2.75, 3.05) is 7.11 Å². The number of esters is 1. The lowest BCUT2D eigenvalue weighted by Crippen LogP contribution is -3.00. The molecule has 10 heteroatoms. The van der Waals surface area contributed by atoms with Crippen LogP contribution in [0.3, 0.4) is 0 Å². The van der Waals surface area contributed by atoms with Gasteiger partial charge < -0.3 is 27.2 Å². The summed E-state index contributed by atoms with van der Waals surface area (Å²) in [5.74, 6) is 0.971. The molecule has 0 fully saturated rings. The van der Waals surface area contributed by atoms with Gasteiger partial charge in [-0.2, -0.15) is 9.13 Å². The summed E-state index contributed by atoms with van der Waals surface area (Å²) in [5.41, 5.74) is 7.22. The topological polar surface area (TPSA) is 99.5 Å². The normalized spacial score (nSPS) is 12.0. The van der Waals surface area contributed by atoms with Gasteiger partial charge >= 0.3 is 12.0 Å². The van der Waals surface area contributed by atoms with Crippen molar-refractivity contribution < 1.29 is 36.2 Å². The van der Waals surface area contributed by atoms with Crippen LogP contribution in [0.1, 0.15) is 114 Å². The number of hydrogen-bond donors (Lipinski definition) is 1. The zero-order chi connectivity index (χ0) is 34.6. The van der Waals surface area contributed by atoms with E-state index < -0.39 is 16.9 Å². The maximum Gasteiger partial charge on any atom is 0.472 e. The van der Waals surface area contributed by atoms with E-state index in [4.69, 9.17) is 9.47 Å². The number of ether oxygens (including phenoxy) is 2. The SMILES string of the molecule is COC(=O)[C@H](C)NCc1cc(Oc2n(-c3c(C(C)C)cccc3C(C)C)cc[n+]2-c2c(C(C)C)cccc2C(C)C)ccc1[N+](=O)[O-].[Cl-]. The quantitative estimate of drug-likeness (QED) is 0.0857. The van der Waals surface area contributed by atoms with E-state index in [0.29, 0.717) is 17.3 Å². The van der Waals surface area contributed by atoms with Crippen LogP contribution in [-0.2, 0) is 16.1 Å². The number of nitrogens with one attached hydrogen (secondary N) is 1. The van der Waals surface area contributed by atoms with E-state index >= 15 is 0 Å². The highest BCUT2D eigenvalue weighted by atomic mass is 35.5. The molecule has 1 atom stereocenters. The van der Waals surface area contributed by atoms with E-state index in [2.05, 4.69) is 119 Å². The molecule has 1 aromatic heterocycles. The molecule has 0 unspecified atom stereocenters. The first-order valence-electron chi connectivity index (χ1n) is 16.4. The first kappa shape index (κ1) is 38.2. The maximum absolute atomic E-state index is 12.0. The Morgan fingerprint density at radius 2 is 1.38 bits per heavy atom. The average Bonchev–Trinajstić information content (AvgIpc) is 3.44. The molecule has 0 aliphatic rings. The highest BCUT2D eigenvalue weighted by Gasteiger charge is 2.32. The summed E-state index contributed by atoms with van der Waals surface area (Å²) >= 11 is 0. The van der Waals surface area contributed by atoms with Crippen molar-refractivity contribution in [2.45, 2.75) is 98.6 Å². The second-order valence-electron chi connectivity index (χ2n) is 13.3. The fourth-order valence-corrected chi connectivity index (χ4v) is 5.97. The lowest BCUT2D eigenvalue weighted by Gasteiger charge is -2.19. The minimum atomic E-state index is -0.646. The monoisotopic (exact) mass is 676 g/mol. The van der Waals surface area contributed by atoms with Crippen LogP contribution in [0.5, 0.6) is 11.8 Å². The summed E-state index contributed by atoms with van der Waals surface area (Å²) in [4.78, 5) is 23.6. The summed E-state index contributed by atoms with van der Waals surface area (Å²) < 4.78 is 15.9.